The van der Waals surface area contributed by atoms with E-state index in [1.807, 2.05) is 31.3 Å². The lowest BCUT2D eigenvalue weighted by Crippen LogP contribution is -2.24. The number of ketones is 1. The first kappa shape index (κ1) is 25.6. The number of hydrogen-bond donors (Lipinski definition) is 0. The molecule has 0 unspecified atom stereocenters. The molecule has 0 N–H and O–H groups in total. The Morgan fingerprint density at radius 1 is 1.00 bits per heavy atom. The van der Waals surface area contributed by atoms with E-state index < -0.39 is 0 Å². The molecule has 4 aromatic rings. The number of likely N-dealkylation sites (N-methyl/N-ethyl adjacent to an activating group) is 1. The lowest BCUT2D eigenvalue weighted by molar-refractivity contribution is -0.112. The molecule has 0 fully saturated rings. The van der Waals surface area contributed by atoms with Gasteiger partial charge in [0.2, 0.25) is 0 Å². The number of anilines is 1. The van der Waals surface area contributed by atoms with Gasteiger partial charge < -0.3 is 14.4 Å². The molecule has 0 saturated heterocycles. The van der Waals surface area contributed by atoms with E-state index in [4.69, 9.17) is 14.5 Å². The predicted octanol–water partition coefficient (Wildman–Crippen LogP) is 5.38. The van der Waals surface area contributed by atoms with Crippen LogP contribution in [0.2, 0.25) is 0 Å². The first-order valence-electron chi connectivity index (χ1n) is 12.2. The van der Waals surface area contributed by atoms with Crippen molar-refractivity contribution in [2.45, 2.75) is 24.4 Å². The second kappa shape index (κ2) is 10.0. The summed E-state index contributed by atoms with van der Waals surface area (Å²) >= 11 is 1.24. The van der Waals surface area contributed by atoms with E-state index in [0.717, 1.165) is 11.4 Å². The quantitative estimate of drug-likeness (QED) is 0.182. The average molecular weight is 528 g/mol. The molecule has 8 heteroatoms. The summed E-state index contributed by atoms with van der Waals surface area (Å²) in [5, 5.41) is 0.919. The fraction of sp³-hybridized carbons (Fsp3) is 0.233. The van der Waals surface area contributed by atoms with Crippen molar-refractivity contribution in [1.29, 1.82) is 0 Å². The molecule has 1 aliphatic rings. The van der Waals surface area contributed by atoms with Gasteiger partial charge in [-0.05, 0) is 35.9 Å². The summed E-state index contributed by atoms with van der Waals surface area (Å²) in [5.74, 6) is 1.12. The number of hydrogen-bond acceptors (Lipinski definition) is 7. The Kier molecular flexibility index (Phi) is 6.75. The third-order valence-corrected chi connectivity index (χ3v) is 7.91. The standard InChI is InChI=1S/C30H29N3O4S/c1-30(2)22-11-7-9-13-24(22)32(3)27(30)17-20(34)18-38-29-31-23-12-8-6-10-21(23)28(35)33(29)19-14-15-25(36-4)26(16-19)37-5/h6-17H,18H2,1-5H3. The van der Waals surface area contributed by atoms with Crippen molar-refractivity contribution in [3.63, 3.8) is 0 Å². The van der Waals surface area contributed by atoms with Gasteiger partial charge in [0.15, 0.2) is 22.4 Å². The summed E-state index contributed by atoms with van der Waals surface area (Å²) in [6, 6.07) is 20.7. The van der Waals surface area contributed by atoms with Crippen LogP contribution in [0.5, 0.6) is 11.5 Å². The molecule has 5 rings (SSSR count). The van der Waals surface area contributed by atoms with Crippen LogP contribution < -0.4 is 19.9 Å². The molecule has 2 heterocycles. The van der Waals surface area contributed by atoms with Crippen molar-refractivity contribution in [2.24, 2.45) is 0 Å². The van der Waals surface area contributed by atoms with Crippen LogP contribution in [0.15, 0.2) is 88.5 Å². The first-order valence-corrected chi connectivity index (χ1v) is 13.2. The van der Waals surface area contributed by atoms with Gasteiger partial charge in [-0.2, -0.15) is 0 Å². The molecular weight excluding hydrogens is 498 g/mol. The number of allylic oxidation sites excluding steroid dienone is 2. The van der Waals surface area contributed by atoms with Crippen LogP contribution in [-0.2, 0) is 10.2 Å². The molecule has 7 nitrogen and oxygen atoms in total. The van der Waals surface area contributed by atoms with Crippen LogP contribution in [0.3, 0.4) is 0 Å². The van der Waals surface area contributed by atoms with Crippen LogP contribution in [0.25, 0.3) is 16.6 Å². The maximum absolute atomic E-state index is 13.6. The van der Waals surface area contributed by atoms with Gasteiger partial charge in [-0.25, -0.2) is 4.98 Å². The second-order valence-corrected chi connectivity index (χ2v) is 10.5. The molecule has 0 spiro atoms. The Bertz CT molecular complexity index is 1640. The normalized spacial score (nSPS) is 15.1. The fourth-order valence-electron chi connectivity index (χ4n) is 4.99. The number of aromatic nitrogens is 2. The van der Waals surface area contributed by atoms with E-state index in [2.05, 4.69) is 30.9 Å². The molecule has 1 aromatic heterocycles. The number of carbonyl (C=O) groups is 1. The Morgan fingerprint density at radius 3 is 2.45 bits per heavy atom. The van der Waals surface area contributed by atoms with E-state index in [9.17, 15) is 9.59 Å². The lowest BCUT2D eigenvalue weighted by Gasteiger charge is -2.24. The maximum atomic E-state index is 13.6. The number of methoxy groups -OCH3 is 2. The number of fused-ring (bicyclic) bond motifs is 2. The van der Waals surface area contributed by atoms with Crippen molar-refractivity contribution in [1.82, 2.24) is 9.55 Å². The van der Waals surface area contributed by atoms with Crippen molar-refractivity contribution in [3.05, 3.63) is 94.4 Å². The van der Waals surface area contributed by atoms with Crippen molar-refractivity contribution >= 4 is 34.1 Å². The van der Waals surface area contributed by atoms with Gasteiger partial charge in [0.05, 0.1) is 36.6 Å². The zero-order valence-electron chi connectivity index (χ0n) is 22.0. The van der Waals surface area contributed by atoms with Crippen LogP contribution in [0.1, 0.15) is 19.4 Å². The van der Waals surface area contributed by atoms with Crippen molar-refractivity contribution in [3.8, 4) is 17.2 Å². The largest absolute Gasteiger partial charge is 0.493 e. The van der Waals surface area contributed by atoms with Gasteiger partial charge in [-0.15, -0.1) is 0 Å². The fourth-order valence-corrected chi connectivity index (χ4v) is 5.82. The summed E-state index contributed by atoms with van der Waals surface area (Å²) in [6.45, 7) is 4.25. The summed E-state index contributed by atoms with van der Waals surface area (Å²) in [7, 11) is 5.09. The van der Waals surface area contributed by atoms with Crippen LogP contribution in [0, 0.1) is 0 Å². The molecule has 0 saturated carbocycles. The van der Waals surface area contributed by atoms with Gasteiger partial charge in [0.1, 0.15) is 0 Å². The van der Waals surface area contributed by atoms with Crippen molar-refractivity contribution in [2.75, 3.05) is 31.9 Å². The van der Waals surface area contributed by atoms with Gasteiger partial charge in [-0.1, -0.05) is 55.9 Å². The monoisotopic (exact) mass is 527 g/mol. The Morgan fingerprint density at radius 2 is 1.71 bits per heavy atom. The van der Waals surface area contributed by atoms with E-state index in [1.165, 1.54) is 21.9 Å². The number of carbonyl (C=O) groups excluding carboxylic acids is 1. The number of para-hydroxylation sites is 2. The minimum atomic E-state index is -0.297. The van der Waals surface area contributed by atoms with Gasteiger partial charge >= 0.3 is 0 Å². The van der Waals surface area contributed by atoms with Crippen LogP contribution in [0.4, 0.5) is 5.69 Å². The van der Waals surface area contributed by atoms with E-state index >= 15 is 0 Å². The number of ether oxygens (including phenoxy) is 2. The van der Waals surface area contributed by atoms with Crippen LogP contribution in [-0.4, -0.2) is 42.4 Å². The van der Waals surface area contributed by atoms with E-state index in [-0.39, 0.29) is 22.5 Å². The highest BCUT2D eigenvalue weighted by atomic mass is 32.2. The summed E-state index contributed by atoms with van der Waals surface area (Å²) in [5.41, 5.74) is 3.86. The van der Waals surface area contributed by atoms with Crippen LogP contribution >= 0.6 is 11.8 Å². The van der Waals surface area contributed by atoms with Gasteiger partial charge in [0.25, 0.3) is 5.56 Å². The predicted molar refractivity (Wildman–Crippen MR) is 152 cm³/mol. The summed E-state index contributed by atoms with van der Waals surface area (Å²) < 4.78 is 12.3. The molecule has 194 valence electrons. The minimum Gasteiger partial charge on any atom is -0.493 e. The molecule has 0 aliphatic carbocycles. The van der Waals surface area contributed by atoms with Gasteiger partial charge in [-0.3, -0.25) is 14.2 Å². The lowest BCUT2D eigenvalue weighted by atomic mass is 9.83. The second-order valence-electron chi connectivity index (χ2n) is 9.58. The number of thioether (sulfide) groups is 1. The molecule has 38 heavy (non-hydrogen) atoms. The number of benzene rings is 3. The molecule has 0 bridgehead atoms. The number of nitrogens with zero attached hydrogens (tertiary/aromatic N) is 3. The molecule has 1 aliphatic heterocycles. The Balaban J connectivity index is 1.51. The highest BCUT2D eigenvalue weighted by molar-refractivity contribution is 7.99. The number of rotatable bonds is 7. The van der Waals surface area contributed by atoms with Crippen molar-refractivity contribution < 1.29 is 14.3 Å². The SMILES string of the molecule is COc1ccc(-n2c(SCC(=O)C=C3N(C)c4ccccc4C3(C)C)nc3ccccc3c2=O)cc1OC. The summed E-state index contributed by atoms with van der Waals surface area (Å²) in [6.07, 6.45) is 1.72. The highest BCUT2D eigenvalue weighted by Crippen LogP contribution is 2.46. The van der Waals surface area contributed by atoms with E-state index in [0.29, 0.717) is 33.2 Å². The minimum absolute atomic E-state index is 0.0565. The Hall–Kier alpha value is -4.04. The zero-order chi connectivity index (χ0) is 27.0. The topological polar surface area (TPSA) is 73.7 Å². The molecule has 3 aromatic carbocycles. The summed E-state index contributed by atoms with van der Waals surface area (Å²) in [4.78, 5) is 33.7. The Labute approximate surface area is 225 Å². The van der Waals surface area contributed by atoms with Gasteiger partial charge in [0, 0.05) is 36.0 Å². The van der Waals surface area contributed by atoms with E-state index in [1.54, 1.807) is 50.6 Å². The zero-order valence-corrected chi connectivity index (χ0v) is 22.8. The third kappa shape index (κ3) is 4.35. The third-order valence-electron chi connectivity index (χ3n) is 6.95. The molecule has 0 radical (unpaired) electrons. The first-order chi connectivity index (χ1) is 18.3. The molecule has 0 atom stereocenters. The average Bonchev–Trinajstić information content (AvgIpc) is 3.12. The molecular formula is C30H29N3O4S. The maximum Gasteiger partial charge on any atom is 0.266 e. The highest BCUT2D eigenvalue weighted by Gasteiger charge is 2.38. The smallest absolute Gasteiger partial charge is 0.266 e. The molecule has 0 amide bonds.